The molecule has 126 valence electrons. The van der Waals surface area contributed by atoms with Gasteiger partial charge in [0.1, 0.15) is 0 Å². The first-order valence-corrected chi connectivity index (χ1v) is 8.79. The van der Waals surface area contributed by atoms with Gasteiger partial charge in [0.25, 0.3) is 11.8 Å². The third kappa shape index (κ3) is 3.65. The quantitative estimate of drug-likeness (QED) is 0.848. The number of amides is 2. The predicted molar refractivity (Wildman–Crippen MR) is 96.5 cm³/mol. The van der Waals surface area contributed by atoms with Crippen molar-refractivity contribution in [2.45, 2.75) is 23.7 Å². The van der Waals surface area contributed by atoms with Gasteiger partial charge in [-0.1, -0.05) is 59.6 Å². The Kier molecular flexibility index (Phi) is 5.27. The van der Waals surface area contributed by atoms with Gasteiger partial charge in [0.05, 0.1) is 0 Å². The summed E-state index contributed by atoms with van der Waals surface area (Å²) in [7, 11) is 0. The molecule has 24 heavy (non-hydrogen) atoms. The molecule has 0 saturated carbocycles. The molecule has 0 radical (unpaired) electrons. The van der Waals surface area contributed by atoms with Gasteiger partial charge >= 0.3 is 0 Å². The second kappa shape index (κ2) is 7.41. The Labute approximate surface area is 150 Å². The Morgan fingerprint density at radius 1 is 1.04 bits per heavy atom. The van der Waals surface area contributed by atoms with E-state index >= 15 is 0 Å². The molecule has 2 amide bonds. The van der Waals surface area contributed by atoms with Crippen molar-refractivity contribution >= 4 is 45.8 Å². The Morgan fingerprint density at radius 2 is 1.71 bits per heavy atom. The van der Waals surface area contributed by atoms with Gasteiger partial charge in [-0.15, -0.1) is 0 Å². The average Bonchev–Trinajstić information content (AvgIpc) is 2.61. The summed E-state index contributed by atoms with van der Waals surface area (Å²) in [5.41, 5.74) is 0.720. The summed E-state index contributed by atoms with van der Waals surface area (Å²) in [6, 6.07) is 13.7. The lowest BCUT2D eigenvalue weighted by Gasteiger charge is -2.32. The van der Waals surface area contributed by atoms with Crippen LogP contribution in [0.5, 0.6) is 0 Å². The van der Waals surface area contributed by atoms with Crippen LogP contribution >= 0.6 is 23.2 Å². The lowest BCUT2D eigenvalue weighted by Crippen LogP contribution is -2.47. The molecule has 0 aliphatic carbocycles. The average molecular weight is 365 g/mol. The van der Waals surface area contributed by atoms with Gasteiger partial charge in [0.15, 0.2) is 4.84 Å². The summed E-state index contributed by atoms with van der Waals surface area (Å²) in [6.45, 7) is 1.20. The minimum Gasteiger partial charge on any atom is -0.351 e. The fraction of sp³-hybridized carbons (Fsp3) is 0.333. The lowest BCUT2D eigenvalue weighted by molar-refractivity contribution is -0.120. The van der Waals surface area contributed by atoms with E-state index in [4.69, 9.17) is 23.2 Å². The van der Waals surface area contributed by atoms with Crippen LogP contribution in [0.1, 0.15) is 23.2 Å². The molecular formula is C18H18Cl2N2O2. The molecule has 2 aromatic carbocycles. The van der Waals surface area contributed by atoms with Gasteiger partial charge in [0.2, 0.25) is 0 Å². The van der Waals surface area contributed by atoms with E-state index in [2.05, 4.69) is 5.32 Å². The van der Waals surface area contributed by atoms with E-state index in [1.54, 1.807) is 0 Å². The lowest BCUT2D eigenvalue weighted by atomic mass is 10.0. The van der Waals surface area contributed by atoms with Crippen molar-refractivity contribution in [1.29, 1.82) is 0 Å². The third-order valence-corrected chi connectivity index (χ3v) is 4.74. The van der Waals surface area contributed by atoms with E-state index in [9.17, 15) is 9.59 Å². The summed E-state index contributed by atoms with van der Waals surface area (Å²) in [6.07, 6.45) is 1.39. The number of carbonyl (C=O) groups excluding carboxylic acids is 2. The first-order valence-electron chi connectivity index (χ1n) is 7.92. The van der Waals surface area contributed by atoms with Gasteiger partial charge < -0.3 is 10.2 Å². The second-order valence-electron chi connectivity index (χ2n) is 5.90. The molecule has 1 saturated heterocycles. The van der Waals surface area contributed by atoms with Crippen LogP contribution in [-0.4, -0.2) is 40.7 Å². The second-order valence-corrected chi connectivity index (χ2v) is 7.00. The summed E-state index contributed by atoms with van der Waals surface area (Å²) in [4.78, 5) is 25.2. The van der Waals surface area contributed by atoms with Gasteiger partial charge in [0, 0.05) is 24.7 Å². The highest BCUT2D eigenvalue weighted by molar-refractivity contribution is 6.53. The summed E-state index contributed by atoms with van der Waals surface area (Å²) in [5, 5.41) is 4.83. The van der Waals surface area contributed by atoms with Crippen molar-refractivity contribution in [2.75, 3.05) is 13.1 Å². The number of alkyl halides is 2. The molecule has 0 unspecified atom stereocenters. The molecule has 1 fully saturated rings. The number of nitrogens with zero attached hydrogens (tertiary/aromatic N) is 1. The molecule has 4 nitrogen and oxygen atoms in total. The van der Waals surface area contributed by atoms with Crippen molar-refractivity contribution < 1.29 is 9.59 Å². The van der Waals surface area contributed by atoms with Gasteiger partial charge in [-0.2, -0.15) is 0 Å². The van der Waals surface area contributed by atoms with Crippen LogP contribution in [0.3, 0.4) is 0 Å². The van der Waals surface area contributed by atoms with Crippen LogP contribution in [0, 0.1) is 0 Å². The first kappa shape index (κ1) is 17.1. The number of fused-ring (bicyclic) bond motifs is 1. The minimum absolute atomic E-state index is 0.00840. The number of likely N-dealkylation sites (tertiary alicyclic amines) is 1. The minimum atomic E-state index is -1.06. The van der Waals surface area contributed by atoms with Gasteiger partial charge in [-0.3, -0.25) is 9.59 Å². The highest BCUT2D eigenvalue weighted by Crippen LogP contribution is 2.22. The molecule has 1 N–H and O–H groups in total. The maximum Gasteiger partial charge on any atom is 0.254 e. The zero-order chi connectivity index (χ0) is 17.1. The Bertz CT molecular complexity index is 750. The maximum atomic E-state index is 12.8. The number of carbonyl (C=O) groups is 2. The fourth-order valence-corrected chi connectivity index (χ4v) is 3.20. The normalized spacial score (nSPS) is 15.7. The topological polar surface area (TPSA) is 49.4 Å². The fourth-order valence-electron chi connectivity index (χ4n) is 3.07. The molecule has 0 aromatic heterocycles. The smallest absolute Gasteiger partial charge is 0.254 e. The van der Waals surface area contributed by atoms with Crippen LogP contribution in [-0.2, 0) is 4.79 Å². The molecule has 0 atom stereocenters. The number of piperidine rings is 1. The zero-order valence-corrected chi connectivity index (χ0v) is 14.6. The third-order valence-electron chi connectivity index (χ3n) is 4.35. The van der Waals surface area contributed by atoms with Crippen molar-refractivity contribution in [2.24, 2.45) is 0 Å². The number of benzene rings is 2. The SMILES string of the molecule is O=C(NC1CCN(C(=O)c2cccc3ccccc23)CC1)C(Cl)Cl. The van der Waals surface area contributed by atoms with E-state index in [1.165, 1.54) is 0 Å². The molecule has 2 aromatic rings. The molecule has 1 aliphatic heterocycles. The van der Waals surface area contributed by atoms with E-state index in [0.29, 0.717) is 25.9 Å². The molecule has 1 aliphatic rings. The van der Waals surface area contributed by atoms with Crippen LogP contribution < -0.4 is 5.32 Å². The van der Waals surface area contributed by atoms with E-state index in [1.807, 2.05) is 47.4 Å². The van der Waals surface area contributed by atoms with Crippen LogP contribution in [0.4, 0.5) is 0 Å². The van der Waals surface area contributed by atoms with Crippen LogP contribution in [0.15, 0.2) is 42.5 Å². The molecule has 3 rings (SSSR count). The number of rotatable bonds is 3. The van der Waals surface area contributed by atoms with Crippen molar-refractivity contribution in [1.82, 2.24) is 10.2 Å². The van der Waals surface area contributed by atoms with E-state index in [-0.39, 0.29) is 17.9 Å². The maximum absolute atomic E-state index is 12.8. The zero-order valence-electron chi connectivity index (χ0n) is 13.0. The highest BCUT2D eigenvalue weighted by Gasteiger charge is 2.26. The molecular weight excluding hydrogens is 347 g/mol. The highest BCUT2D eigenvalue weighted by atomic mass is 35.5. The largest absolute Gasteiger partial charge is 0.351 e. The van der Waals surface area contributed by atoms with Crippen molar-refractivity contribution in [3.05, 3.63) is 48.0 Å². The molecule has 0 spiro atoms. The summed E-state index contributed by atoms with van der Waals surface area (Å²) >= 11 is 11.1. The number of nitrogens with one attached hydrogen (secondary N) is 1. The van der Waals surface area contributed by atoms with Crippen LogP contribution in [0.2, 0.25) is 0 Å². The first-order chi connectivity index (χ1) is 11.6. The van der Waals surface area contributed by atoms with Crippen molar-refractivity contribution in [3.63, 3.8) is 0 Å². The number of hydrogen-bond donors (Lipinski definition) is 1. The standard InChI is InChI=1S/C18H18Cl2N2O2/c19-16(20)17(23)21-13-8-10-22(11-9-13)18(24)15-7-3-5-12-4-1-2-6-14(12)15/h1-7,13,16H,8-11H2,(H,21,23). The number of halogens is 2. The van der Waals surface area contributed by atoms with Gasteiger partial charge in [-0.05, 0) is 29.7 Å². The van der Waals surface area contributed by atoms with E-state index in [0.717, 1.165) is 16.3 Å². The van der Waals surface area contributed by atoms with E-state index < -0.39 is 4.84 Å². The Balaban J connectivity index is 1.68. The monoisotopic (exact) mass is 364 g/mol. The molecule has 0 bridgehead atoms. The Morgan fingerprint density at radius 3 is 2.42 bits per heavy atom. The summed E-state index contributed by atoms with van der Waals surface area (Å²) < 4.78 is 0. The van der Waals surface area contributed by atoms with Crippen LogP contribution in [0.25, 0.3) is 10.8 Å². The number of hydrogen-bond acceptors (Lipinski definition) is 2. The van der Waals surface area contributed by atoms with Gasteiger partial charge in [-0.25, -0.2) is 0 Å². The molecule has 1 heterocycles. The predicted octanol–water partition coefficient (Wildman–Crippen LogP) is 3.36. The summed E-state index contributed by atoms with van der Waals surface area (Å²) in [5.74, 6) is -0.346. The van der Waals surface area contributed by atoms with Crippen molar-refractivity contribution in [3.8, 4) is 0 Å². The molecule has 6 heteroatoms. The Hall–Kier alpha value is -1.78.